The van der Waals surface area contributed by atoms with Crippen LogP contribution in [-0.2, 0) is 6.54 Å². The summed E-state index contributed by atoms with van der Waals surface area (Å²) in [4.78, 5) is 2.17. The number of anilines is 1. The zero-order chi connectivity index (χ0) is 13.0. The molecule has 0 aliphatic carbocycles. The predicted molar refractivity (Wildman–Crippen MR) is 74.4 cm³/mol. The van der Waals surface area contributed by atoms with E-state index in [1.165, 1.54) is 11.1 Å². The van der Waals surface area contributed by atoms with Gasteiger partial charge in [-0.2, -0.15) is 5.26 Å². The van der Waals surface area contributed by atoms with Crippen LogP contribution in [0.5, 0.6) is 0 Å². The highest BCUT2D eigenvalue weighted by Gasteiger charge is 2.02. The summed E-state index contributed by atoms with van der Waals surface area (Å²) >= 11 is 0. The Morgan fingerprint density at radius 2 is 1.61 bits per heavy atom. The zero-order valence-corrected chi connectivity index (χ0v) is 10.7. The second kappa shape index (κ2) is 5.37. The van der Waals surface area contributed by atoms with Gasteiger partial charge in [0.05, 0.1) is 11.6 Å². The molecular formula is C16H16N2. The average molecular weight is 236 g/mol. The topological polar surface area (TPSA) is 27.0 Å². The third kappa shape index (κ3) is 2.89. The van der Waals surface area contributed by atoms with Crippen LogP contribution in [-0.4, -0.2) is 7.05 Å². The Balaban J connectivity index is 2.09. The van der Waals surface area contributed by atoms with Crippen molar-refractivity contribution in [3.05, 3.63) is 65.2 Å². The van der Waals surface area contributed by atoms with Gasteiger partial charge >= 0.3 is 0 Å². The van der Waals surface area contributed by atoms with Crippen molar-refractivity contribution in [3.8, 4) is 6.07 Å². The lowest BCUT2D eigenvalue weighted by atomic mass is 10.1. The van der Waals surface area contributed by atoms with Crippen LogP contribution < -0.4 is 4.90 Å². The SMILES string of the molecule is Cc1ccc(CN(C)c2ccc(C#N)cc2)cc1. The standard InChI is InChI=1S/C16H16N2/c1-13-3-5-15(6-4-13)12-18(2)16-9-7-14(11-17)8-10-16/h3-10H,12H2,1-2H3. The molecule has 0 saturated carbocycles. The molecule has 0 fully saturated rings. The molecule has 0 unspecified atom stereocenters. The largest absolute Gasteiger partial charge is 0.370 e. The molecule has 2 aromatic rings. The van der Waals surface area contributed by atoms with Crippen molar-refractivity contribution < 1.29 is 0 Å². The lowest BCUT2D eigenvalue weighted by Gasteiger charge is -2.19. The molecule has 0 N–H and O–H groups in total. The second-order valence-electron chi connectivity index (χ2n) is 4.50. The van der Waals surface area contributed by atoms with Crippen LogP contribution in [0.4, 0.5) is 5.69 Å². The third-order valence-electron chi connectivity index (χ3n) is 2.98. The van der Waals surface area contributed by atoms with Gasteiger partial charge in [0, 0.05) is 19.3 Å². The molecule has 2 aromatic carbocycles. The van der Waals surface area contributed by atoms with Crippen LogP contribution in [0.1, 0.15) is 16.7 Å². The maximum absolute atomic E-state index is 8.76. The molecule has 2 heteroatoms. The highest BCUT2D eigenvalue weighted by Crippen LogP contribution is 2.16. The van der Waals surface area contributed by atoms with E-state index in [2.05, 4.69) is 49.2 Å². The van der Waals surface area contributed by atoms with E-state index in [1.807, 2.05) is 24.3 Å². The molecule has 0 saturated heterocycles. The lowest BCUT2D eigenvalue weighted by molar-refractivity contribution is 0.922. The van der Waals surface area contributed by atoms with Crippen molar-refractivity contribution in [2.24, 2.45) is 0 Å². The first-order valence-corrected chi connectivity index (χ1v) is 5.96. The third-order valence-corrected chi connectivity index (χ3v) is 2.98. The molecule has 0 atom stereocenters. The molecule has 0 spiro atoms. The fourth-order valence-electron chi connectivity index (χ4n) is 1.85. The number of aryl methyl sites for hydroxylation is 1. The van der Waals surface area contributed by atoms with Crippen molar-refractivity contribution in [3.63, 3.8) is 0 Å². The molecular weight excluding hydrogens is 220 g/mol. The first-order chi connectivity index (χ1) is 8.69. The summed E-state index contributed by atoms with van der Waals surface area (Å²) in [6, 6.07) is 18.3. The highest BCUT2D eigenvalue weighted by atomic mass is 15.1. The van der Waals surface area contributed by atoms with E-state index in [9.17, 15) is 0 Å². The quantitative estimate of drug-likeness (QED) is 0.815. The van der Waals surface area contributed by atoms with E-state index in [0.29, 0.717) is 5.56 Å². The predicted octanol–water partition coefficient (Wildman–Crippen LogP) is 3.50. The molecule has 0 aliphatic heterocycles. The van der Waals surface area contributed by atoms with E-state index >= 15 is 0 Å². The van der Waals surface area contributed by atoms with Crippen molar-refractivity contribution in [1.29, 1.82) is 5.26 Å². The molecule has 2 nitrogen and oxygen atoms in total. The normalized spacial score (nSPS) is 9.83. The molecule has 2 rings (SSSR count). The van der Waals surface area contributed by atoms with Crippen LogP contribution in [0, 0.1) is 18.3 Å². The minimum atomic E-state index is 0.697. The molecule has 0 aliphatic rings. The van der Waals surface area contributed by atoms with E-state index < -0.39 is 0 Å². The van der Waals surface area contributed by atoms with Gasteiger partial charge in [-0.25, -0.2) is 0 Å². The Kier molecular flexibility index (Phi) is 3.64. The van der Waals surface area contributed by atoms with Crippen LogP contribution in [0.25, 0.3) is 0 Å². The van der Waals surface area contributed by atoms with Crippen LogP contribution in [0.15, 0.2) is 48.5 Å². The van der Waals surface area contributed by atoms with E-state index in [4.69, 9.17) is 5.26 Å². The summed E-state index contributed by atoms with van der Waals surface area (Å²) in [6.45, 7) is 2.96. The summed E-state index contributed by atoms with van der Waals surface area (Å²) in [6.07, 6.45) is 0. The van der Waals surface area contributed by atoms with Gasteiger partial charge in [0.2, 0.25) is 0 Å². The Bertz CT molecular complexity index is 547. The first kappa shape index (κ1) is 12.2. The zero-order valence-electron chi connectivity index (χ0n) is 10.7. The van der Waals surface area contributed by atoms with Crippen molar-refractivity contribution in [1.82, 2.24) is 0 Å². The van der Waals surface area contributed by atoms with Gasteiger partial charge in [-0.05, 0) is 36.8 Å². The number of hydrogen-bond acceptors (Lipinski definition) is 2. The number of nitrogens with zero attached hydrogens (tertiary/aromatic N) is 2. The van der Waals surface area contributed by atoms with E-state index in [1.54, 1.807) is 0 Å². The Hall–Kier alpha value is -2.27. The molecule has 90 valence electrons. The molecule has 18 heavy (non-hydrogen) atoms. The summed E-state index contributed by atoms with van der Waals surface area (Å²) in [5, 5.41) is 8.76. The summed E-state index contributed by atoms with van der Waals surface area (Å²) < 4.78 is 0. The molecule has 0 heterocycles. The van der Waals surface area contributed by atoms with Crippen LogP contribution >= 0.6 is 0 Å². The van der Waals surface area contributed by atoms with Gasteiger partial charge in [0.15, 0.2) is 0 Å². The Labute approximate surface area is 108 Å². The smallest absolute Gasteiger partial charge is 0.0991 e. The number of benzene rings is 2. The van der Waals surface area contributed by atoms with Gasteiger partial charge in [-0.3, -0.25) is 0 Å². The van der Waals surface area contributed by atoms with Gasteiger partial charge in [-0.15, -0.1) is 0 Å². The minimum Gasteiger partial charge on any atom is -0.370 e. The molecule has 0 aromatic heterocycles. The number of rotatable bonds is 3. The van der Waals surface area contributed by atoms with Crippen molar-refractivity contribution in [2.45, 2.75) is 13.5 Å². The van der Waals surface area contributed by atoms with Gasteiger partial charge in [-0.1, -0.05) is 29.8 Å². The first-order valence-electron chi connectivity index (χ1n) is 5.96. The fraction of sp³-hybridized carbons (Fsp3) is 0.188. The average Bonchev–Trinajstić information content (AvgIpc) is 2.41. The maximum Gasteiger partial charge on any atom is 0.0991 e. The van der Waals surface area contributed by atoms with Crippen molar-refractivity contribution in [2.75, 3.05) is 11.9 Å². The number of hydrogen-bond donors (Lipinski definition) is 0. The Morgan fingerprint density at radius 1 is 1.00 bits per heavy atom. The highest BCUT2D eigenvalue weighted by molar-refractivity contribution is 5.49. The molecule has 0 radical (unpaired) electrons. The Morgan fingerprint density at radius 3 is 2.17 bits per heavy atom. The minimum absolute atomic E-state index is 0.697. The maximum atomic E-state index is 8.76. The van der Waals surface area contributed by atoms with Gasteiger partial charge in [0.1, 0.15) is 0 Å². The molecule has 0 amide bonds. The van der Waals surface area contributed by atoms with Gasteiger partial charge < -0.3 is 4.90 Å². The van der Waals surface area contributed by atoms with E-state index in [-0.39, 0.29) is 0 Å². The van der Waals surface area contributed by atoms with E-state index in [0.717, 1.165) is 12.2 Å². The summed E-state index contributed by atoms with van der Waals surface area (Å²) in [5.74, 6) is 0. The fourth-order valence-corrected chi connectivity index (χ4v) is 1.85. The number of nitriles is 1. The monoisotopic (exact) mass is 236 g/mol. The van der Waals surface area contributed by atoms with Gasteiger partial charge in [0.25, 0.3) is 0 Å². The molecule has 0 bridgehead atoms. The summed E-state index contributed by atoms with van der Waals surface area (Å²) in [7, 11) is 2.06. The van der Waals surface area contributed by atoms with Crippen LogP contribution in [0.3, 0.4) is 0 Å². The lowest BCUT2D eigenvalue weighted by Crippen LogP contribution is -2.16. The second-order valence-corrected chi connectivity index (χ2v) is 4.50. The van der Waals surface area contributed by atoms with Crippen molar-refractivity contribution >= 4 is 5.69 Å². The summed E-state index contributed by atoms with van der Waals surface area (Å²) in [5.41, 5.74) is 4.38. The van der Waals surface area contributed by atoms with Crippen LogP contribution in [0.2, 0.25) is 0 Å².